The third kappa shape index (κ3) is 6.58. The van der Waals surface area contributed by atoms with Gasteiger partial charge in [0.15, 0.2) is 0 Å². The van der Waals surface area contributed by atoms with Crippen molar-refractivity contribution in [1.82, 2.24) is 10.6 Å². The van der Waals surface area contributed by atoms with Crippen LogP contribution in [0.3, 0.4) is 0 Å². The van der Waals surface area contributed by atoms with E-state index in [1.54, 1.807) is 0 Å². The van der Waals surface area contributed by atoms with Gasteiger partial charge in [0.2, 0.25) is 5.91 Å². The Morgan fingerprint density at radius 3 is 2.40 bits per heavy atom. The summed E-state index contributed by atoms with van der Waals surface area (Å²) in [6.07, 6.45) is -2.01. The molecule has 25 heavy (non-hydrogen) atoms. The van der Waals surface area contributed by atoms with Crippen LogP contribution in [0.15, 0.2) is 47.3 Å². The van der Waals surface area contributed by atoms with E-state index in [4.69, 9.17) is 4.42 Å². The SMILES string of the molecule is O=C(CCNC(=O)c1ccoc1)NCc1ccc(OC(F)(F)F)cc1. The molecular formula is C16H15F3N2O4. The van der Waals surface area contributed by atoms with Gasteiger partial charge in [-0.3, -0.25) is 9.59 Å². The number of carbonyl (C=O) groups excluding carboxylic acids is 2. The van der Waals surface area contributed by atoms with Gasteiger partial charge in [-0.25, -0.2) is 0 Å². The second-order valence-corrected chi connectivity index (χ2v) is 4.99. The van der Waals surface area contributed by atoms with Gasteiger partial charge < -0.3 is 19.8 Å². The number of rotatable bonds is 7. The normalized spacial score (nSPS) is 11.0. The Morgan fingerprint density at radius 1 is 1.08 bits per heavy atom. The number of furan rings is 1. The summed E-state index contributed by atoms with van der Waals surface area (Å²) in [6.45, 7) is 0.301. The first-order valence-electron chi connectivity index (χ1n) is 7.25. The Balaban J connectivity index is 1.68. The number of carbonyl (C=O) groups is 2. The third-order valence-electron chi connectivity index (χ3n) is 3.07. The lowest BCUT2D eigenvalue weighted by molar-refractivity contribution is -0.274. The van der Waals surface area contributed by atoms with Crippen LogP contribution in [0.25, 0.3) is 0 Å². The van der Waals surface area contributed by atoms with Gasteiger partial charge in [0, 0.05) is 19.5 Å². The van der Waals surface area contributed by atoms with Crippen molar-refractivity contribution in [1.29, 1.82) is 0 Å². The second kappa shape index (κ2) is 8.22. The summed E-state index contributed by atoms with van der Waals surface area (Å²) in [6, 6.07) is 6.67. The maximum Gasteiger partial charge on any atom is 0.573 e. The minimum atomic E-state index is -4.74. The molecule has 9 heteroatoms. The average molecular weight is 356 g/mol. The molecule has 134 valence electrons. The molecule has 1 aromatic heterocycles. The quantitative estimate of drug-likeness (QED) is 0.799. The largest absolute Gasteiger partial charge is 0.573 e. The van der Waals surface area contributed by atoms with Gasteiger partial charge in [-0.2, -0.15) is 0 Å². The summed E-state index contributed by atoms with van der Waals surface area (Å²) in [7, 11) is 0. The van der Waals surface area contributed by atoms with Crippen LogP contribution in [-0.2, 0) is 11.3 Å². The first-order valence-corrected chi connectivity index (χ1v) is 7.25. The van der Waals surface area contributed by atoms with Gasteiger partial charge >= 0.3 is 6.36 Å². The highest BCUT2D eigenvalue weighted by Crippen LogP contribution is 2.22. The third-order valence-corrected chi connectivity index (χ3v) is 3.07. The molecule has 2 amide bonds. The van der Waals surface area contributed by atoms with E-state index >= 15 is 0 Å². The Labute approximate surface area is 141 Å². The summed E-state index contributed by atoms with van der Waals surface area (Å²) in [5, 5.41) is 5.16. The van der Waals surface area contributed by atoms with Crippen molar-refractivity contribution < 1.29 is 31.9 Å². The van der Waals surface area contributed by atoms with E-state index in [9.17, 15) is 22.8 Å². The van der Waals surface area contributed by atoms with Crippen LogP contribution in [0, 0.1) is 0 Å². The van der Waals surface area contributed by atoms with Crippen molar-refractivity contribution in [3.63, 3.8) is 0 Å². The molecule has 2 N–H and O–H groups in total. The average Bonchev–Trinajstić information content (AvgIpc) is 3.07. The standard InChI is InChI=1S/C16H15F3N2O4/c17-16(18,19)25-13-3-1-11(2-4-13)9-21-14(22)5-7-20-15(23)12-6-8-24-10-12/h1-4,6,8,10H,5,7,9H2,(H,20,23)(H,21,22). The van der Waals surface area contributed by atoms with Crippen LogP contribution in [0.4, 0.5) is 13.2 Å². The van der Waals surface area contributed by atoms with Gasteiger partial charge in [-0.1, -0.05) is 12.1 Å². The van der Waals surface area contributed by atoms with Gasteiger partial charge in [-0.05, 0) is 23.8 Å². The Kier molecular flexibility index (Phi) is 6.04. The van der Waals surface area contributed by atoms with E-state index in [-0.39, 0.29) is 37.1 Å². The molecule has 0 unspecified atom stereocenters. The van der Waals surface area contributed by atoms with Gasteiger partial charge in [0.05, 0.1) is 11.8 Å². The molecule has 0 saturated heterocycles. The molecule has 0 saturated carbocycles. The van der Waals surface area contributed by atoms with E-state index in [1.807, 2.05) is 0 Å². The molecule has 0 atom stereocenters. The Morgan fingerprint density at radius 2 is 1.80 bits per heavy atom. The van der Waals surface area contributed by atoms with Crippen molar-refractivity contribution in [2.75, 3.05) is 6.54 Å². The van der Waals surface area contributed by atoms with Crippen LogP contribution >= 0.6 is 0 Å². The van der Waals surface area contributed by atoms with Crippen LogP contribution in [-0.4, -0.2) is 24.7 Å². The molecular weight excluding hydrogens is 341 g/mol. The van der Waals surface area contributed by atoms with Crippen molar-refractivity contribution in [2.24, 2.45) is 0 Å². The fourth-order valence-electron chi connectivity index (χ4n) is 1.88. The molecule has 0 bridgehead atoms. The van der Waals surface area contributed by atoms with E-state index < -0.39 is 6.36 Å². The lowest BCUT2D eigenvalue weighted by Crippen LogP contribution is -2.30. The number of hydrogen-bond acceptors (Lipinski definition) is 4. The van der Waals surface area contributed by atoms with Crippen LogP contribution in [0.2, 0.25) is 0 Å². The van der Waals surface area contributed by atoms with Crippen LogP contribution in [0.5, 0.6) is 5.75 Å². The van der Waals surface area contributed by atoms with Crippen molar-refractivity contribution in [3.8, 4) is 5.75 Å². The Bertz CT molecular complexity index is 697. The summed E-state index contributed by atoms with van der Waals surface area (Å²) in [4.78, 5) is 23.3. The zero-order valence-electron chi connectivity index (χ0n) is 12.9. The summed E-state index contributed by atoms with van der Waals surface area (Å²) in [5.74, 6) is -0.977. The monoisotopic (exact) mass is 356 g/mol. The predicted molar refractivity (Wildman–Crippen MR) is 80.6 cm³/mol. The van der Waals surface area contributed by atoms with Crippen molar-refractivity contribution in [2.45, 2.75) is 19.3 Å². The topological polar surface area (TPSA) is 80.6 Å². The lowest BCUT2D eigenvalue weighted by atomic mass is 10.2. The van der Waals surface area contributed by atoms with E-state index in [0.717, 1.165) is 0 Å². The smallest absolute Gasteiger partial charge is 0.472 e. The molecule has 2 aromatic rings. The lowest BCUT2D eigenvalue weighted by Gasteiger charge is -2.10. The number of benzene rings is 1. The van der Waals surface area contributed by atoms with E-state index in [0.29, 0.717) is 11.1 Å². The van der Waals surface area contributed by atoms with E-state index in [2.05, 4.69) is 15.4 Å². The van der Waals surface area contributed by atoms with Crippen LogP contribution < -0.4 is 15.4 Å². The number of halogens is 3. The second-order valence-electron chi connectivity index (χ2n) is 4.99. The molecule has 0 fully saturated rings. The minimum absolute atomic E-state index is 0.0683. The molecule has 0 aliphatic rings. The fraction of sp³-hybridized carbons (Fsp3) is 0.250. The summed E-state index contributed by atoms with van der Waals surface area (Å²) >= 11 is 0. The zero-order valence-corrected chi connectivity index (χ0v) is 12.9. The molecule has 6 nitrogen and oxygen atoms in total. The first kappa shape index (κ1) is 18.4. The van der Waals surface area contributed by atoms with Crippen molar-refractivity contribution in [3.05, 3.63) is 54.0 Å². The van der Waals surface area contributed by atoms with Gasteiger partial charge in [0.1, 0.15) is 12.0 Å². The summed E-state index contributed by atoms with van der Waals surface area (Å²) < 4.78 is 44.7. The number of ether oxygens (including phenoxy) is 1. The molecule has 0 spiro atoms. The highest BCUT2D eigenvalue weighted by atomic mass is 19.4. The zero-order chi connectivity index (χ0) is 18.3. The Hall–Kier alpha value is -2.97. The molecule has 1 heterocycles. The number of alkyl halides is 3. The first-order chi connectivity index (χ1) is 11.8. The number of amides is 2. The van der Waals surface area contributed by atoms with Crippen molar-refractivity contribution >= 4 is 11.8 Å². The number of hydrogen-bond donors (Lipinski definition) is 2. The molecule has 0 aliphatic heterocycles. The molecule has 1 aromatic carbocycles. The maximum absolute atomic E-state index is 12.0. The number of nitrogens with one attached hydrogen (secondary N) is 2. The van der Waals surface area contributed by atoms with E-state index in [1.165, 1.54) is 42.9 Å². The molecule has 0 radical (unpaired) electrons. The molecule has 2 rings (SSSR count). The van der Waals surface area contributed by atoms with Gasteiger partial charge in [0.25, 0.3) is 5.91 Å². The summed E-state index contributed by atoms with van der Waals surface area (Å²) in [5.41, 5.74) is 0.979. The highest BCUT2D eigenvalue weighted by Gasteiger charge is 2.30. The fourth-order valence-corrected chi connectivity index (χ4v) is 1.88. The predicted octanol–water partition coefficient (Wildman–Crippen LogP) is 2.61. The minimum Gasteiger partial charge on any atom is -0.472 e. The van der Waals surface area contributed by atoms with Gasteiger partial charge in [-0.15, -0.1) is 13.2 Å². The van der Waals surface area contributed by atoms with Crippen LogP contribution in [0.1, 0.15) is 22.3 Å². The molecule has 0 aliphatic carbocycles. The maximum atomic E-state index is 12.0. The highest BCUT2D eigenvalue weighted by molar-refractivity contribution is 5.94.